The molecule has 0 saturated heterocycles. The number of benzene rings is 1. The van der Waals surface area contributed by atoms with Gasteiger partial charge in [0.05, 0.1) is 0 Å². The highest BCUT2D eigenvalue weighted by Gasteiger charge is 2.19. The predicted molar refractivity (Wildman–Crippen MR) is 97.1 cm³/mol. The summed E-state index contributed by atoms with van der Waals surface area (Å²) in [6.45, 7) is 12.1. The molecule has 0 fully saturated rings. The van der Waals surface area contributed by atoms with Crippen LogP contribution < -0.4 is 0 Å². The van der Waals surface area contributed by atoms with E-state index in [0.717, 1.165) is 24.9 Å². The van der Waals surface area contributed by atoms with Crippen molar-refractivity contribution in [3.8, 4) is 11.3 Å². The Bertz CT molecular complexity index is 666. The molecule has 0 aliphatic rings. The van der Waals surface area contributed by atoms with E-state index in [1.807, 2.05) is 24.0 Å². The third kappa shape index (κ3) is 4.25. The molecule has 4 nitrogen and oxygen atoms in total. The maximum absolute atomic E-state index is 12.5. The molecule has 2 aromatic rings. The van der Waals surface area contributed by atoms with Gasteiger partial charge in [0.25, 0.3) is 5.91 Å². The topological polar surface area (TPSA) is 46.3 Å². The van der Waals surface area contributed by atoms with Crippen LogP contribution >= 0.6 is 0 Å². The summed E-state index contributed by atoms with van der Waals surface area (Å²) in [7, 11) is 0. The van der Waals surface area contributed by atoms with Gasteiger partial charge in [0, 0.05) is 24.7 Å². The van der Waals surface area contributed by atoms with Gasteiger partial charge in [-0.05, 0) is 24.3 Å². The van der Waals surface area contributed by atoms with Crippen LogP contribution in [0.1, 0.15) is 63.5 Å². The monoisotopic (exact) mass is 328 g/mol. The number of hydrogen-bond donors (Lipinski definition) is 0. The first-order valence-corrected chi connectivity index (χ1v) is 8.73. The largest absolute Gasteiger partial charge is 0.355 e. The highest BCUT2D eigenvalue weighted by Crippen LogP contribution is 2.26. The van der Waals surface area contributed by atoms with Gasteiger partial charge in [-0.15, -0.1) is 0 Å². The molecule has 0 unspecified atom stereocenters. The molecule has 130 valence electrons. The first-order valence-electron chi connectivity index (χ1n) is 8.73. The second kappa shape index (κ2) is 7.65. The molecule has 0 aliphatic heterocycles. The smallest absolute Gasteiger partial charge is 0.276 e. The number of rotatable bonds is 6. The number of nitrogens with zero attached hydrogens (tertiary/aromatic N) is 2. The zero-order chi connectivity index (χ0) is 17.7. The molecule has 1 aromatic heterocycles. The average molecular weight is 328 g/mol. The molecule has 0 spiro atoms. The predicted octanol–water partition coefficient (Wildman–Crippen LogP) is 4.90. The van der Waals surface area contributed by atoms with Gasteiger partial charge in [0.15, 0.2) is 11.5 Å². The SMILES string of the molecule is CCCCN(CC)C(=O)c1cc(-c2ccc(C(C)(C)C)cc2)on1. The van der Waals surface area contributed by atoms with Gasteiger partial charge in [0.1, 0.15) is 0 Å². The Morgan fingerprint density at radius 3 is 2.38 bits per heavy atom. The van der Waals surface area contributed by atoms with Gasteiger partial charge in [0.2, 0.25) is 0 Å². The average Bonchev–Trinajstić information content (AvgIpc) is 3.04. The summed E-state index contributed by atoms with van der Waals surface area (Å²) >= 11 is 0. The molecule has 0 saturated carbocycles. The third-order valence-corrected chi connectivity index (χ3v) is 4.22. The summed E-state index contributed by atoms with van der Waals surface area (Å²) in [5.74, 6) is 0.567. The number of carbonyl (C=O) groups is 1. The van der Waals surface area contributed by atoms with Crippen molar-refractivity contribution in [1.29, 1.82) is 0 Å². The number of hydrogen-bond acceptors (Lipinski definition) is 3. The summed E-state index contributed by atoms with van der Waals surface area (Å²) in [5.41, 5.74) is 2.69. The first kappa shape index (κ1) is 18.2. The van der Waals surface area contributed by atoms with Crippen LogP contribution in [0.25, 0.3) is 11.3 Å². The van der Waals surface area contributed by atoms with E-state index in [2.05, 4.69) is 45.0 Å². The molecular formula is C20H28N2O2. The van der Waals surface area contributed by atoms with Gasteiger partial charge in [-0.1, -0.05) is 63.5 Å². The normalized spacial score (nSPS) is 11.5. The fourth-order valence-corrected chi connectivity index (χ4v) is 2.56. The number of aromatic nitrogens is 1. The maximum atomic E-state index is 12.5. The molecule has 0 aliphatic carbocycles. The molecule has 0 bridgehead atoms. The summed E-state index contributed by atoms with van der Waals surface area (Å²) in [6, 6.07) is 9.97. The lowest BCUT2D eigenvalue weighted by Gasteiger charge is -2.19. The Morgan fingerprint density at radius 1 is 1.17 bits per heavy atom. The van der Waals surface area contributed by atoms with Crippen LogP contribution in [0.5, 0.6) is 0 Å². The van der Waals surface area contributed by atoms with Crippen LogP contribution in [-0.4, -0.2) is 29.1 Å². The van der Waals surface area contributed by atoms with Gasteiger partial charge in [-0.25, -0.2) is 0 Å². The lowest BCUT2D eigenvalue weighted by molar-refractivity contribution is 0.0752. The summed E-state index contributed by atoms with van der Waals surface area (Å²) in [5, 5.41) is 3.97. The van der Waals surface area contributed by atoms with Crippen LogP contribution in [0.3, 0.4) is 0 Å². The van der Waals surface area contributed by atoms with E-state index in [0.29, 0.717) is 18.0 Å². The molecular weight excluding hydrogens is 300 g/mol. The van der Waals surface area contributed by atoms with Crippen molar-refractivity contribution in [2.45, 2.75) is 52.9 Å². The quantitative estimate of drug-likeness (QED) is 0.757. The zero-order valence-corrected chi connectivity index (χ0v) is 15.4. The van der Waals surface area contributed by atoms with Crippen molar-refractivity contribution in [2.24, 2.45) is 0 Å². The van der Waals surface area contributed by atoms with Gasteiger partial charge < -0.3 is 9.42 Å². The second-order valence-corrected chi connectivity index (χ2v) is 7.14. The molecule has 0 N–H and O–H groups in total. The van der Waals surface area contributed by atoms with E-state index >= 15 is 0 Å². The molecule has 0 atom stereocenters. The van der Waals surface area contributed by atoms with Crippen LogP contribution in [0.4, 0.5) is 0 Å². The van der Waals surface area contributed by atoms with E-state index < -0.39 is 0 Å². The fourth-order valence-electron chi connectivity index (χ4n) is 2.56. The standard InChI is InChI=1S/C20H28N2O2/c1-6-8-13-22(7-2)19(23)17-14-18(24-21-17)15-9-11-16(12-10-15)20(3,4)5/h9-12,14H,6-8,13H2,1-5H3. The van der Waals surface area contributed by atoms with Crippen molar-refractivity contribution in [1.82, 2.24) is 10.1 Å². The van der Waals surface area contributed by atoms with Crippen LogP contribution in [0, 0.1) is 0 Å². The Balaban J connectivity index is 2.16. The third-order valence-electron chi connectivity index (χ3n) is 4.22. The number of amides is 1. The van der Waals surface area contributed by atoms with Crippen molar-refractivity contribution < 1.29 is 9.32 Å². The summed E-state index contributed by atoms with van der Waals surface area (Å²) < 4.78 is 5.40. The molecule has 4 heteroatoms. The molecule has 1 heterocycles. The van der Waals surface area contributed by atoms with E-state index in [4.69, 9.17) is 4.52 Å². The minimum atomic E-state index is -0.0627. The molecule has 1 aromatic carbocycles. The Labute approximate surface area is 144 Å². The Kier molecular flexibility index (Phi) is 5.81. The summed E-state index contributed by atoms with van der Waals surface area (Å²) in [4.78, 5) is 14.3. The Hall–Kier alpha value is -2.10. The van der Waals surface area contributed by atoms with Gasteiger partial charge in [-0.2, -0.15) is 0 Å². The summed E-state index contributed by atoms with van der Waals surface area (Å²) in [6.07, 6.45) is 2.06. The van der Waals surface area contributed by atoms with E-state index in [1.54, 1.807) is 6.07 Å². The molecule has 1 amide bonds. The van der Waals surface area contributed by atoms with E-state index in [-0.39, 0.29) is 11.3 Å². The fraction of sp³-hybridized carbons (Fsp3) is 0.500. The van der Waals surface area contributed by atoms with Crippen LogP contribution in [-0.2, 0) is 5.41 Å². The minimum absolute atomic E-state index is 0.0627. The van der Waals surface area contributed by atoms with Crippen molar-refractivity contribution in [3.05, 3.63) is 41.6 Å². The van der Waals surface area contributed by atoms with Crippen LogP contribution in [0.15, 0.2) is 34.9 Å². The highest BCUT2D eigenvalue weighted by molar-refractivity contribution is 5.93. The second-order valence-electron chi connectivity index (χ2n) is 7.14. The lowest BCUT2D eigenvalue weighted by atomic mass is 9.86. The van der Waals surface area contributed by atoms with E-state index in [1.165, 1.54) is 5.56 Å². The number of carbonyl (C=O) groups excluding carboxylic acids is 1. The zero-order valence-electron chi connectivity index (χ0n) is 15.4. The lowest BCUT2D eigenvalue weighted by Crippen LogP contribution is -2.31. The van der Waals surface area contributed by atoms with Crippen molar-refractivity contribution >= 4 is 5.91 Å². The number of unbranched alkanes of at least 4 members (excludes halogenated alkanes) is 1. The maximum Gasteiger partial charge on any atom is 0.276 e. The molecule has 2 rings (SSSR count). The van der Waals surface area contributed by atoms with Crippen LogP contribution in [0.2, 0.25) is 0 Å². The Morgan fingerprint density at radius 2 is 1.83 bits per heavy atom. The van der Waals surface area contributed by atoms with E-state index in [9.17, 15) is 4.79 Å². The highest BCUT2D eigenvalue weighted by atomic mass is 16.5. The van der Waals surface area contributed by atoms with Crippen molar-refractivity contribution in [3.63, 3.8) is 0 Å². The first-order chi connectivity index (χ1) is 11.4. The molecule has 24 heavy (non-hydrogen) atoms. The van der Waals surface area contributed by atoms with Gasteiger partial charge in [-0.3, -0.25) is 4.79 Å². The molecule has 0 radical (unpaired) electrons. The minimum Gasteiger partial charge on any atom is -0.355 e. The van der Waals surface area contributed by atoms with Gasteiger partial charge >= 0.3 is 0 Å². The van der Waals surface area contributed by atoms with Crippen molar-refractivity contribution in [2.75, 3.05) is 13.1 Å².